The van der Waals surface area contributed by atoms with Crippen LogP contribution in [0.4, 0.5) is 11.4 Å². The van der Waals surface area contributed by atoms with Crippen molar-refractivity contribution < 1.29 is 14.3 Å². The Morgan fingerprint density at radius 2 is 2.30 bits per heavy atom. The zero-order valence-corrected chi connectivity index (χ0v) is 11.6. The van der Waals surface area contributed by atoms with E-state index in [2.05, 4.69) is 10.6 Å². The summed E-state index contributed by atoms with van der Waals surface area (Å²) in [5.41, 5.74) is 7.69. The molecule has 4 N–H and O–H groups in total. The van der Waals surface area contributed by atoms with Crippen molar-refractivity contribution in [1.29, 1.82) is 0 Å². The molecule has 0 bridgehead atoms. The largest absolute Gasteiger partial charge is 0.399 e. The minimum absolute atomic E-state index is 0.00716. The fraction of sp³-hybridized carbons (Fsp3) is 0.500. The van der Waals surface area contributed by atoms with Crippen LogP contribution < -0.4 is 16.4 Å². The molecule has 0 aromatic heterocycles. The van der Waals surface area contributed by atoms with Crippen molar-refractivity contribution >= 4 is 17.3 Å². The molecule has 1 amide bonds. The standard InChI is InChI=1S/C14H21N3O3/c1-2-16-14(18)12-4-3-10(15)7-13(12)17-8-11-9-19-5-6-20-11/h3-4,7,11,17H,2,5-6,8-9,15H2,1H3,(H,16,18). The van der Waals surface area contributed by atoms with Gasteiger partial charge < -0.3 is 25.8 Å². The van der Waals surface area contributed by atoms with E-state index in [9.17, 15) is 4.79 Å². The van der Waals surface area contributed by atoms with Crippen molar-refractivity contribution in [3.05, 3.63) is 23.8 Å². The van der Waals surface area contributed by atoms with E-state index in [1.54, 1.807) is 18.2 Å². The molecular formula is C14H21N3O3. The van der Waals surface area contributed by atoms with Crippen LogP contribution in [0.3, 0.4) is 0 Å². The molecule has 1 heterocycles. The highest BCUT2D eigenvalue weighted by molar-refractivity contribution is 6.00. The zero-order chi connectivity index (χ0) is 14.4. The number of carbonyl (C=O) groups is 1. The van der Waals surface area contributed by atoms with Crippen LogP contribution in [-0.2, 0) is 9.47 Å². The number of rotatable bonds is 5. The van der Waals surface area contributed by atoms with Gasteiger partial charge in [0.25, 0.3) is 5.91 Å². The molecule has 1 atom stereocenters. The first-order valence-electron chi connectivity index (χ1n) is 6.81. The molecule has 1 unspecified atom stereocenters. The lowest BCUT2D eigenvalue weighted by atomic mass is 10.1. The van der Waals surface area contributed by atoms with Crippen molar-refractivity contribution in [3.8, 4) is 0 Å². The second kappa shape index (κ2) is 7.12. The highest BCUT2D eigenvalue weighted by Crippen LogP contribution is 2.19. The summed E-state index contributed by atoms with van der Waals surface area (Å²) in [7, 11) is 0. The number of nitrogens with one attached hydrogen (secondary N) is 2. The number of hydrogen-bond acceptors (Lipinski definition) is 5. The number of hydrogen-bond donors (Lipinski definition) is 3. The number of nitrogen functional groups attached to an aromatic ring is 1. The second-order valence-corrected chi connectivity index (χ2v) is 4.61. The summed E-state index contributed by atoms with van der Waals surface area (Å²) >= 11 is 0. The van der Waals surface area contributed by atoms with Gasteiger partial charge in [0.1, 0.15) is 0 Å². The van der Waals surface area contributed by atoms with Crippen molar-refractivity contribution in [1.82, 2.24) is 5.32 Å². The third-order valence-corrected chi connectivity index (χ3v) is 3.03. The molecule has 1 saturated heterocycles. The maximum atomic E-state index is 12.0. The van der Waals surface area contributed by atoms with E-state index in [-0.39, 0.29) is 12.0 Å². The third kappa shape index (κ3) is 3.85. The molecule has 0 saturated carbocycles. The summed E-state index contributed by atoms with van der Waals surface area (Å²) in [5, 5.41) is 6.00. The molecule has 0 radical (unpaired) electrons. The maximum absolute atomic E-state index is 12.0. The van der Waals surface area contributed by atoms with E-state index in [4.69, 9.17) is 15.2 Å². The summed E-state index contributed by atoms with van der Waals surface area (Å²) in [6, 6.07) is 5.20. The molecule has 6 nitrogen and oxygen atoms in total. The minimum atomic E-state index is -0.115. The van der Waals surface area contributed by atoms with Gasteiger partial charge in [0.05, 0.1) is 31.5 Å². The highest BCUT2D eigenvalue weighted by Gasteiger charge is 2.16. The average molecular weight is 279 g/mol. The number of benzene rings is 1. The van der Waals surface area contributed by atoms with Gasteiger partial charge >= 0.3 is 0 Å². The topological polar surface area (TPSA) is 85.6 Å². The number of amides is 1. The monoisotopic (exact) mass is 279 g/mol. The normalized spacial score (nSPS) is 18.6. The van der Waals surface area contributed by atoms with E-state index in [1.165, 1.54) is 0 Å². The van der Waals surface area contributed by atoms with E-state index >= 15 is 0 Å². The first kappa shape index (κ1) is 14.6. The third-order valence-electron chi connectivity index (χ3n) is 3.03. The molecule has 6 heteroatoms. The molecule has 2 rings (SSSR count). The Morgan fingerprint density at radius 1 is 1.45 bits per heavy atom. The average Bonchev–Trinajstić information content (AvgIpc) is 2.46. The Morgan fingerprint density at radius 3 is 3.00 bits per heavy atom. The van der Waals surface area contributed by atoms with Crippen LogP contribution in [0.25, 0.3) is 0 Å². The van der Waals surface area contributed by atoms with E-state index in [0.29, 0.717) is 49.8 Å². The smallest absolute Gasteiger partial charge is 0.253 e. The minimum Gasteiger partial charge on any atom is -0.399 e. The summed E-state index contributed by atoms with van der Waals surface area (Å²) in [6.07, 6.45) is -0.00716. The van der Waals surface area contributed by atoms with Crippen LogP contribution in [0.15, 0.2) is 18.2 Å². The first-order valence-corrected chi connectivity index (χ1v) is 6.81. The molecule has 20 heavy (non-hydrogen) atoms. The van der Waals surface area contributed by atoms with Crippen LogP contribution in [0.2, 0.25) is 0 Å². The van der Waals surface area contributed by atoms with Crippen molar-refractivity contribution in [2.75, 3.05) is 44.0 Å². The number of ether oxygens (including phenoxy) is 2. The SMILES string of the molecule is CCNC(=O)c1ccc(N)cc1NCC1COCCO1. The van der Waals surface area contributed by atoms with Gasteiger partial charge in [-0.2, -0.15) is 0 Å². The summed E-state index contributed by atoms with van der Waals surface area (Å²) in [4.78, 5) is 12.0. The Hall–Kier alpha value is -1.79. The molecule has 0 spiro atoms. The predicted octanol–water partition coefficient (Wildman–Crippen LogP) is 0.846. The zero-order valence-electron chi connectivity index (χ0n) is 11.6. The van der Waals surface area contributed by atoms with Crippen molar-refractivity contribution in [3.63, 3.8) is 0 Å². The quantitative estimate of drug-likeness (QED) is 0.696. The van der Waals surface area contributed by atoms with Gasteiger partial charge in [-0.15, -0.1) is 0 Å². The van der Waals surface area contributed by atoms with Crippen LogP contribution in [0, 0.1) is 0 Å². The molecule has 1 aliphatic rings. The highest BCUT2D eigenvalue weighted by atomic mass is 16.6. The Kier molecular flexibility index (Phi) is 5.20. The Bertz CT molecular complexity index is 459. The predicted molar refractivity (Wildman–Crippen MR) is 77.9 cm³/mol. The number of nitrogens with two attached hydrogens (primary N) is 1. The summed E-state index contributed by atoms with van der Waals surface area (Å²) in [5.74, 6) is -0.115. The van der Waals surface area contributed by atoms with Crippen molar-refractivity contribution in [2.45, 2.75) is 13.0 Å². The Labute approximate surface area is 118 Å². The van der Waals surface area contributed by atoms with Gasteiger partial charge in [0.2, 0.25) is 0 Å². The second-order valence-electron chi connectivity index (χ2n) is 4.61. The van der Waals surface area contributed by atoms with E-state index < -0.39 is 0 Å². The lowest BCUT2D eigenvalue weighted by Gasteiger charge is -2.24. The van der Waals surface area contributed by atoms with Gasteiger partial charge in [0.15, 0.2) is 0 Å². The van der Waals surface area contributed by atoms with E-state index in [1.807, 2.05) is 6.92 Å². The van der Waals surface area contributed by atoms with Crippen LogP contribution in [0.1, 0.15) is 17.3 Å². The Balaban J connectivity index is 2.04. The van der Waals surface area contributed by atoms with Crippen LogP contribution in [-0.4, -0.2) is 44.9 Å². The summed E-state index contributed by atoms with van der Waals surface area (Å²) < 4.78 is 10.9. The molecule has 110 valence electrons. The maximum Gasteiger partial charge on any atom is 0.253 e. The molecule has 1 aromatic rings. The van der Waals surface area contributed by atoms with Crippen LogP contribution in [0.5, 0.6) is 0 Å². The van der Waals surface area contributed by atoms with Gasteiger partial charge in [-0.3, -0.25) is 4.79 Å². The molecular weight excluding hydrogens is 258 g/mol. The van der Waals surface area contributed by atoms with Crippen LogP contribution >= 0.6 is 0 Å². The molecule has 1 fully saturated rings. The molecule has 1 aliphatic heterocycles. The number of carbonyl (C=O) groups excluding carboxylic acids is 1. The van der Waals surface area contributed by atoms with E-state index in [0.717, 1.165) is 0 Å². The van der Waals surface area contributed by atoms with Crippen molar-refractivity contribution in [2.24, 2.45) is 0 Å². The van der Waals surface area contributed by atoms with Gasteiger partial charge in [-0.1, -0.05) is 0 Å². The first-order chi connectivity index (χ1) is 9.70. The van der Waals surface area contributed by atoms with Gasteiger partial charge in [-0.25, -0.2) is 0 Å². The lowest BCUT2D eigenvalue weighted by Crippen LogP contribution is -2.34. The lowest BCUT2D eigenvalue weighted by molar-refractivity contribution is -0.0818. The van der Waals surface area contributed by atoms with Gasteiger partial charge in [-0.05, 0) is 25.1 Å². The number of anilines is 2. The fourth-order valence-electron chi connectivity index (χ4n) is 2.04. The fourth-order valence-corrected chi connectivity index (χ4v) is 2.04. The molecule has 1 aromatic carbocycles. The van der Waals surface area contributed by atoms with Gasteiger partial charge in [0, 0.05) is 24.5 Å². The summed E-state index contributed by atoms with van der Waals surface area (Å²) in [6.45, 7) is 4.85. The molecule has 0 aliphatic carbocycles.